The Labute approximate surface area is 142 Å². The SMILES string of the molecule is COc1cccc(C=NNC(=O)COc2ccccc2[N+](=O)[O-])c1O. The number of rotatable bonds is 7. The number of nitrogens with one attached hydrogen (secondary N) is 1. The fourth-order valence-electron chi connectivity index (χ4n) is 1.89. The van der Waals surface area contributed by atoms with Gasteiger partial charge in [0.15, 0.2) is 23.9 Å². The molecule has 0 atom stereocenters. The van der Waals surface area contributed by atoms with Crippen molar-refractivity contribution < 1.29 is 24.3 Å². The third-order valence-electron chi connectivity index (χ3n) is 3.06. The van der Waals surface area contributed by atoms with E-state index in [1.807, 2.05) is 0 Å². The highest BCUT2D eigenvalue weighted by molar-refractivity contribution is 5.86. The van der Waals surface area contributed by atoms with E-state index in [-0.39, 0.29) is 22.9 Å². The van der Waals surface area contributed by atoms with E-state index in [1.54, 1.807) is 24.3 Å². The number of carbonyl (C=O) groups is 1. The molecular weight excluding hydrogens is 330 g/mol. The molecule has 0 fully saturated rings. The third kappa shape index (κ3) is 4.67. The second-order valence-corrected chi connectivity index (χ2v) is 4.70. The van der Waals surface area contributed by atoms with Crippen LogP contribution in [0.25, 0.3) is 0 Å². The number of methoxy groups -OCH3 is 1. The minimum Gasteiger partial charge on any atom is -0.504 e. The van der Waals surface area contributed by atoms with Gasteiger partial charge in [-0.05, 0) is 18.2 Å². The van der Waals surface area contributed by atoms with Crippen LogP contribution in [-0.4, -0.2) is 35.9 Å². The monoisotopic (exact) mass is 345 g/mol. The molecule has 1 amide bonds. The zero-order chi connectivity index (χ0) is 18.2. The molecule has 2 rings (SSSR count). The number of nitrogens with zero attached hydrogens (tertiary/aromatic N) is 2. The Kier molecular flexibility index (Phi) is 5.88. The fraction of sp³-hybridized carbons (Fsp3) is 0.125. The van der Waals surface area contributed by atoms with Crippen LogP contribution in [0.2, 0.25) is 0 Å². The standard InChI is InChI=1S/C16H15N3O6/c1-24-14-8-4-5-11(16(14)21)9-17-18-15(20)10-25-13-7-3-2-6-12(13)19(22)23/h2-9,21H,10H2,1H3,(H,18,20). The molecule has 0 aliphatic rings. The van der Waals surface area contributed by atoms with E-state index < -0.39 is 17.4 Å². The molecule has 9 heteroatoms. The first-order valence-electron chi connectivity index (χ1n) is 7.07. The van der Waals surface area contributed by atoms with Crippen LogP contribution in [0.3, 0.4) is 0 Å². The first-order chi connectivity index (χ1) is 12.0. The highest BCUT2D eigenvalue weighted by atomic mass is 16.6. The van der Waals surface area contributed by atoms with Crippen LogP contribution >= 0.6 is 0 Å². The number of amides is 1. The van der Waals surface area contributed by atoms with Gasteiger partial charge in [-0.3, -0.25) is 14.9 Å². The summed E-state index contributed by atoms with van der Waals surface area (Å²) in [6, 6.07) is 10.5. The van der Waals surface area contributed by atoms with Gasteiger partial charge in [0.1, 0.15) is 0 Å². The summed E-state index contributed by atoms with van der Waals surface area (Å²) < 4.78 is 10.1. The number of nitro groups is 1. The third-order valence-corrected chi connectivity index (χ3v) is 3.06. The van der Waals surface area contributed by atoms with Crippen molar-refractivity contribution in [3.05, 3.63) is 58.1 Å². The first-order valence-corrected chi connectivity index (χ1v) is 7.07. The smallest absolute Gasteiger partial charge is 0.310 e. The minimum atomic E-state index is -0.614. The van der Waals surface area contributed by atoms with Gasteiger partial charge in [-0.15, -0.1) is 0 Å². The van der Waals surface area contributed by atoms with Crippen LogP contribution in [0.1, 0.15) is 5.56 Å². The van der Waals surface area contributed by atoms with E-state index in [1.165, 1.54) is 31.5 Å². The Bertz CT molecular complexity index is 806. The van der Waals surface area contributed by atoms with Crippen LogP contribution in [0, 0.1) is 10.1 Å². The zero-order valence-corrected chi connectivity index (χ0v) is 13.2. The molecule has 0 aromatic heterocycles. The number of ether oxygens (including phenoxy) is 2. The Hall–Kier alpha value is -3.62. The van der Waals surface area contributed by atoms with Gasteiger partial charge < -0.3 is 14.6 Å². The van der Waals surface area contributed by atoms with E-state index in [2.05, 4.69) is 10.5 Å². The highest BCUT2D eigenvalue weighted by Crippen LogP contribution is 2.28. The summed E-state index contributed by atoms with van der Waals surface area (Å²) in [5, 5.41) is 24.4. The number of carbonyl (C=O) groups excluding carboxylic acids is 1. The molecule has 25 heavy (non-hydrogen) atoms. The summed E-state index contributed by atoms with van der Waals surface area (Å²) in [7, 11) is 1.41. The van der Waals surface area contributed by atoms with Gasteiger partial charge in [-0.2, -0.15) is 5.10 Å². The number of hydrazone groups is 1. The lowest BCUT2D eigenvalue weighted by molar-refractivity contribution is -0.385. The van der Waals surface area contributed by atoms with Crippen LogP contribution < -0.4 is 14.9 Å². The summed E-state index contributed by atoms with van der Waals surface area (Å²) in [5.41, 5.74) is 2.31. The molecule has 0 radical (unpaired) electrons. The van der Waals surface area contributed by atoms with Crippen molar-refractivity contribution in [1.82, 2.24) is 5.43 Å². The zero-order valence-electron chi connectivity index (χ0n) is 13.2. The van der Waals surface area contributed by atoms with Gasteiger partial charge >= 0.3 is 5.69 Å². The molecule has 0 aliphatic heterocycles. The average Bonchev–Trinajstić information content (AvgIpc) is 2.61. The molecule has 2 N–H and O–H groups in total. The lowest BCUT2D eigenvalue weighted by Gasteiger charge is -2.06. The molecular formula is C16H15N3O6. The first kappa shape index (κ1) is 17.7. The molecule has 0 saturated heterocycles. The van der Waals surface area contributed by atoms with E-state index in [0.29, 0.717) is 5.56 Å². The van der Waals surface area contributed by atoms with Crippen LogP contribution in [0.4, 0.5) is 5.69 Å². The van der Waals surface area contributed by atoms with Gasteiger partial charge in [0.2, 0.25) is 0 Å². The molecule has 0 bridgehead atoms. The van der Waals surface area contributed by atoms with Crippen molar-refractivity contribution in [3.63, 3.8) is 0 Å². The molecule has 130 valence electrons. The molecule has 0 saturated carbocycles. The second-order valence-electron chi connectivity index (χ2n) is 4.70. The molecule has 2 aromatic rings. The van der Waals surface area contributed by atoms with Crippen molar-refractivity contribution in [2.24, 2.45) is 5.10 Å². The molecule has 2 aromatic carbocycles. The lowest BCUT2D eigenvalue weighted by atomic mass is 10.2. The molecule has 0 unspecified atom stereocenters. The number of nitro benzene ring substituents is 1. The second kappa shape index (κ2) is 8.29. The van der Waals surface area contributed by atoms with Gasteiger partial charge in [0.25, 0.3) is 5.91 Å². The maximum Gasteiger partial charge on any atom is 0.310 e. The Morgan fingerprint density at radius 3 is 2.72 bits per heavy atom. The van der Waals surface area contributed by atoms with Gasteiger partial charge in [-0.25, -0.2) is 5.43 Å². The van der Waals surface area contributed by atoms with Crippen molar-refractivity contribution in [1.29, 1.82) is 0 Å². The lowest BCUT2D eigenvalue weighted by Crippen LogP contribution is -2.24. The fourth-order valence-corrected chi connectivity index (χ4v) is 1.89. The number of phenolic OH excluding ortho intramolecular Hbond substituents is 1. The van der Waals surface area contributed by atoms with Crippen molar-refractivity contribution >= 4 is 17.8 Å². The van der Waals surface area contributed by atoms with Gasteiger partial charge in [-0.1, -0.05) is 18.2 Å². The summed E-state index contributed by atoms with van der Waals surface area (Å²) in [6.45, 7) is -0.452. The number of para-hydroxylation sites is 3. The van der Waals surface area contributed by atoms with Crippen LogP contribution in [0.5, 0.6) is 17.2 Å². The van der Waals surface area contributed by atoms with Crippen molar-refractivity contribution in [2.45, 2.75) is 0 Å². The molecule has 0 aliphatic carbocycles. The highest BCUT2D eigenvalue weighted by Gasteiger charge is 2.14. The maximum atomic E-state index is 11.7. The van der Waals surface area contributed by atoms with E-state index in [4.69, 9.17) is 9.47 Å². The van der Waals surface area contributed by atoms with E-state index >= 15 is 0 Å². The van der Waals surface area contributed by atoms with E-state index in [0.717, 1.165) is 0 Å². The Morgan fingerprint density at radius 2 is 2.00 bits per heavy atom. The number of hydrogen-bond acceptors (Lipinski definition) is 7. The quantitative estimate of drug-likeness (QED) is 0.448. The van der Waals surface area contributed by atoms with Crippen molar-refractivity contribution in [2.75, 3.05) is 13.7 Å². The van der Waals surface area contributed by atoms with Crippen LogP contribution in [-0.2, 0) is 4.79 Å². The maximum absolute atomic E-state index is 11.7. The number of benzene rings is 2. The topological polar surface area (TPSA) is 123 Å². The summed E-state index contributed by atoms with van der Waals surface area (Å²) in [4.78, 5) is 21.9. The Balaban J connectivity index is 1.93. The van der Waals surface area contributed by atoms with Gasteiger partial charge in [0.05, 0.1) is 18.2 Å². The molecule has 9 nitrogen and oxygen atoms in total. The number of aromatic hydroxyl groups is 1. The molecule has 0 spiro atoms. The largest absolute Gasteiger partial charge is 0.504 e. The average molecular weight is 345 g/mol. The van der Waals surface area contributed by atoms with Crippen LogP contribution in [0.15, 0.2) is 47.6 Å². The summed E-state index contributed by atoms with van der Waals surface area (Å²) in [6.07, 6.45) is 1.24. The Morgan fingerprint density at radius 1 is 1.28 bits per heavy atom. The minimum absolute atomic E-state index is 0.0166. The van der Waals surface area contributed by atoms with Gasteiger partial charge in [0, 0.05) is 11.6 Å². The summed E-state index contributed by atoms with van der Waals surface area (Å²) in [5.74, 6) is -0.469. The normalized spacial score (nSPS) is 10.4. The predicted molar refractivity (Wildman–Crippen MR) is 89.0 cm³/mol. The van der Waals surface area contributed by atoms with Crippen molar-refractivity contribution in [3.8, 4) is 17.2 Å². The summed E-state index contributed by atoms with van der Waals surface area (Å²) >= 11 is 0. The number of phenols is 1. The molecule has 0 heterocycles. The van der Waals surface area contributed by atoms with E-state index in [9.17, 15) is 20.0 Å². The predicted octanol–water partition coefficient (Wildman–Crippen LogP) is 1.84. The number of hydrogen-bond donors (Lipinski definition) is 2.